The highest BCUT2D eigenvalue weighted by Gasteiger charge is 2.12. The number of ether oxygens (including phenoxy) is 1. The van der Waals surface area contributed by atoms with Crippen LogP contribution in [-0.4, -0.2) is 36.1 Å². The molecule has 0 atom stereocenters. The first-order valence-electron chi connectivity index (χ1n) is 5.73. The first-order chi connectivity index (χ1) is 8.08. The molecule has 0 aromatic carbocycles. The molecule has 17 heavy (non-hydrogen) atoms. The third kappa shape index (κ3) is 3.69. The second-order valence-electron chi connectivity index (χ2n) is 4.19. The van der Waals surface area contributed by atoms with Crippen LogP contribution in [0.25, 0.3) is 0 Å². The zero-order valence-corrected chi connectivity index (χ0v) is 10.8. The second kappa shape index (κ2) is 6.18. The van der Waals surface area contributed by atoms with E-state index in [0.717, 1.165) is 13.1 Å². The highest BCUT2D eigenvalue weighted by Crippen LogP contribution is 2.12. The molecule has 5 nitrogen and oxygen atoms in total. The number of hydrogen-bond donors (Lipinski definition) is 0. The molecular formula is C12H19N3O2. The summed E-state index contributed by atoms with van der Waals surface area (Å²) < 4.78 is 4.63. The quantitative estimate of drug-likeness (QED) is 0.730. The van der Waals surface area contributed by atoms with Gasteiger partial charge in [-0.3, -0.25) is 4.98 Å². The number of methoxy groups -OCH3 is 1. The van der Waals surface area contributed by atoms with Crippen molar-refractivity contribution in [2.24, 2.45) is 5.92 Å². The Bertz CT molecular complexity index is 380. The van der Waals surface area contributed by atoms with Crippen molar-refractivity contribution in [2.75, 3.05) is 25.1 Å². The standard InChI is InChI=1S/C12H19N3O2/c1-5-15(8-9(2)3)11-7-13-6-10(14-11)12(16)17-4/h6-7,9H,5,8H2,1-4H3. The molecule has 0 bridgehead atoms. The van der Waals surface area contributed by atoms with E-state index in [0.29, 0.717) is 11.7 Å². The molecule has 0 saturated carbocycles. The van der Waals surface area contributed by atoms with Crippen LogP contribution in [0.3, 0.4) is 0 Å². The highest BCUT2D eigenvalue weighted by atomic mass is 16.5. The number of carbonyl (C=O) groups is 1. The molecule has 0 aliphatic carbocycles. The number of esters is 1. The fourth-order valence-electron chi connectivity index (χ4n) is 1.54. The maximum Gasteiger partial charge on any atom is 0.358 e. The van der Waals surface area contributed by atoms with Crippen LogP contribution < -0.4 is 4.90 Å². The number of hydrogen-bond acceptors (Lipinski definition) is 5. The summed E-state index contributed by atoms with van der Waals surface area (Å²) in [5.41, 5.74) is 0.243. The minimum absolute atomic E-state index is 0.243. The van der Waals surface area contributed by atoms with Gasteiger partial charge in [-0.25, -0.2) is 9.78 Å². The van der Waals surface area contributed by atoms with Gasteiger partial charge in [0.15, 0.2) is 5.69 Å². The third-order valence-corrected chi connectivity index (χ3v) is 2.31. The molecule has 0 aliphatic heterocycles. The molecule has 1 heterocycles. The molecule has 0 saturated heterocycles. The van der Waals surface area contributed by atoms with Crippen molar-refractivity contribution in [3.63, 3.8) is 0 Å². The summed E-state index contributed by atoms with van der Waals surface area (Å²) in [7, 11) is 1.34. The van der Waals surface area contributed by atoms with Crippen LogP contribution in [0.4, 0.5) is 5.82 Å². The van der Waals surface area contributed by atoms with Crippen LogP contribution >= 0.6 is 0 Å². The number of rotatable bonds is 5. The van der Waals surface area contributed by atoms with Crippen molar-refractivity contribution in [1.82, 2.24) is 9.97 Å². The van der Waals surface area contributed by atoms with Gasteiger partial charge in [0.25, 0.3) is 0 Å². The average Bonchev–Trinajstić information content (AvgIpc) is 2.34. The lowest BCUT2D eigenvalue weighted by atomic mass is 10.2. The molecule has 94 valence electrons. The van der Waals surface area contributed by atoms with E-state index in [4.69, 9.17) is 0 Å². The van der Waals surface area contributed by atoms with Gasteiger partial charge in [-0.2, -0.15) is 0 Å². The van der Waals surface area contributed by atoms with E-state index in [-0.39, 0.29) is 5.69 Å². The van der Waals surface area contributed by atoms with Crippen LogP contribution in [0.2, 0.25) is 0 Å². The summed E-state index contributed by atoms with van der Waals surface area (Å²) in [5.74, 6) is 0.780. The molecule has 0 aliphatic rings. The smallest absolute Gasteiger partial charge is 0.358 e. The molecule has 1 rings (SSSR count). The van der Waals surface area contributed by atoms with Gasteiger partial charge < -0.3 is 9.64 Å². The van der Waals surface area contributed by atoms with Crippen LogP contribution in [0.1, 0.15) is 31.3 Å². The fraction of sp³-hybridized carbons (Fsp3) is 0.583. The van der Waals surface area contributed by atoms with Gasteiger partial charge in [0.1, 0.15) is 5.82 Å². The van der Waals surface area contributed by atoms with E-state index in [1.165, 1.54) is 13.3 Å². The number of anilines is 1. The lowest BCUT2D eigenvalue weighted by molar-refractivity contribution is 0.0593. The molecule has 1 aromatic rings. The van der Waals surface area contributed by atoms with Crippen LogP contribution in [0, 0.1) is 5.92 Å². The van der Waals surface area contributed by atoms with E-state index in [2.05, 4.69) is 40.4 Å². The number of aromatic nitrogens is 2. The van der Waals surface area contributed by atoms with Crippen molar-refractivity contribution in [3.05, 3.63) is 18.1 Å². The molecule has 1 aromatic heterocycles. The highest BCUT2D eigenvalue weighted by molar-refractivity contribution is 5.87. The predicted octanol–water partition coefficient (Wildman–Crippen LogP) is 1.75. The molecule has 0 amide bonds. The summed E-state index contributed by atoms with van der Waals surface area (Å²) in [4.78, 5) is 21.7. The van der Waals surface area contributed by atoms with Crippen molar-refractivity contribution in [1.29, 1.82) is 0 Å². The van der Waals surface area contributed by atoms with E-state index in [1.54, 1.807) is 6.20 Å². The Labute approximate surface area is 102 Å². The zero-order valence-electron chi connectivity index (χ0n) is 10.8. The number of carbonyl (C=O) groups excluding carboxylic acids is 1. The van der Waals surface area contributed by atoms with Crippen molar-refractivity contribution in [3.8, 4) is 0 Å². The minimum atomic E-state index is -0.458. The third-order valence-electron chi connectivity index (χ3n) is 2.31. The second-order valence-corrected chi connectivity index (χ2v) is 4.19. The van der Waals surface area contributed by atoms with Crippen molar-refractivity contribution >= 4 is 11.8 Å². The Balaban J connectivity index is 2.92. The molecule has 0 N–H and O–H groups in total. The summed E-state index contributed by atoms with van der Waals surface area (Å²) in [6, 6.07) is 0. The first-order valence-corrected chi connectivity index (χ1v) is 5.73. The van der Waals surface area contributed by atoms with E-state index >= 15 is 0 Å². The largest absolute Gasteiger partial charge is 0.464 e. The molecule has 0 unspecified atom stereocenters. The SMILES string of the molecule is CCN(CC(C)C)c1cncc(C(=O)OC)n1. The molecule has 0 spiro atoms. The Morgan fingerprint density at radius 1 is 1.47 bits per heavy atom. The maximum absolute atomic E-state index is 11.4. The fourth-order valence-corrected chi connectivity index (χ4v) is 1.54. The van der Waals surface area contributed by atoms with Gasteiger partial charge in [0, 0.05) is 13.1 Å². The Morgan fingerprint density at radius 2 is 2.18 bits per heavy atom. The van der Waals surface area contributed by atoms with Gasteiger partial charge in [0.05, 0.1) is 19.5 Å². The summed E-state index contributed by atoms with van der Waals surface area (Å²) >= 11 is 0. The number of nitrogens with zero attached hydrogens (tertiary/aromatic N) is 3. The van der Waals surface area contributed by atoms with E-state index in [9.17, 15) is 4.79 Å². The van der Waals surface area contributed by atoms with Crippen LogP contribution in [0.5, 0.6) is 0 Å². The van der Waals surface area contributed by atoms with Crippen LogP contribution in [0.15, 0.2) is 12.4 Å². The van der Waals surface area contributed by atoms with Crippen LogP contribution in [-0.2, 0) is 4.74 Å². The Morgan fingerprint density at radius 3 is 2.71 bits per heavy atom. The van der Waals surface area contributed by atoms with Gasteiger partial charge in [-0.05, 0) is 12.8 Å². The predicted molar refractivity (Wildman–Crippen MR) is 66.1 cm³/mol. The minimum Gasteiger partial charge on any atom is -0.464 e. The molecule has 0 radical (unpaired) electrons. The lowest BCUT2D eigenvalue weighted by Crippen LogP contribution is -2.28. The summed E-state index contributed by atoms with van der Waals surface area (Å²) in [6.45, 7) is 8.04. The van der Waals surface area contributed by atoms with Gasteiger partial charge in [-0.1, -0.05) is 13.8 Å². The summed E-state index contributed by atoms with van der Waals surface area (Å²) in [6.07, 6.45) is 3.08. The maximum atomic E-state index is 11.4. The van der Waals surface area contributed by atoms with Gasteiger partial charge >= 0.3 is 5.97 Å². The molecule has 0 fully saturated rings. The normalized spacial score (nSPS) is 10.4. The van der Waals surface area contributed by atoms with Gasteiger partial charge in [-0.15, -0.1) is 0 Å². The Hall–Kier alpha value is -1.65. The van der Waals surface area contributed by atoms with Crippen molar-refractivity contribution in [2.45, 2.75) is 20.8 Å². The first kappa shape index (κ1) is 13.4. The molecular weight excluding hydrogens is 218 g/mol. The lowest BCUT2D eigenvalue weighted by Gasteiger charge is -2.23. The monoisotopic (exact) mass is 237 g/mol. The molecule has 5 heteroatoms. The average molecular weight is 237 g/mol. The Kier molecular flexibility index (Phi) is 4.87. The van der Waals surface area contributed by atoms with E-state index in [1.807, 2.05) is 0 Å². The summed E-state index contributed by atoms with van der Waals surface area (Å²) in [5, 5.41) is 0. The zero-order chi connectivity index (χ0) is 12.8. The topological polar surface area (TPSA) is 55.3 Å². The van der Waals surface area contributed by atoms with E-state index < -0.39 is 5.97 Å². The van der Waals surface area contributed by atoms with Crippen molar-refractivity contribution < 1.29 is 9.53 Å². The van der Waals surface area contributed by atoms with Gasteiger partial charge in [0.2, 0.25) is 0 Å².